The van der Waals surface area contributed by atoms with Gasteiger partial charge in [0.05, 0.1) is 6.54 Å². The van der Waals surface area contributed by atoms with Crippen molar-refractivity contribution < 1.29 is 20.2 Å². The normalized spacial score (nSPS) is 11.7. The number of benzene rings is 1. The highest BCUT2D eigenvalue weighted by Crippen LogP contribution is 2.19. The summed E-state index contributed by atoms with van der Waals surface area (Å²) in [6, 6.07) is 6.62. The monoisotopic (exact) mass is 279 g/mol. The van der Waals surface area contributed by atoms with Crippen LogP contribution in [-0.4, -0.2) is 40.0 Å². The fourth-order valence-corrected chi connectivity index (χ4v) is 1.97. The maximum absolute atomic E-state index is 11.2. The van der Waals surface area contributed by atoms with E-state index in [4.69, 9.17) is 10.8 Å². The third kappa shape index (κ3) is 3.34. The Morgan fingerprint density at radius 2 is 2.05 bits per heavy atom. The Hall–Kier alpha value is -2.38. The Bertz CT molecular complexity index is 608. The molecule has 0 saturated heterocycles. The van der Waals surface area contributed by atoms with Gasteiger partial charge in [0, 0.05) is 23.5 Å². The first-order valence-electron chi connectivity index (χ1n) is 5.89. The van der Waals surface area contributed by atoms with E-state index in [0.717, 1.165) is 16.5 Å². The number of carboxylic acid groups (broad SMARTS) is 1. The first-order chi connectivity index (χ1) is 9.11. The van der Waals surface area contributed by atoms with Gasteiger partial charge in [0.15, 0.2) is 0 Å². The SMILES string of the molecule is NCC(=O)NC(Cc1c[nH]c2ccccc12)C(=O)O.O. The number of hydrogen-bond donors (Lipinski definition) is 4. The van der Waals surface area contributed by atoms with Gasteiger partial charge in [0.2, 0.25) is 5.91 Å². The minimum absolute atomic E-state index is 0. The zero-order chi connectivity index (χ0) is 13.8. The summed E-state index contributed by atoms with van der Waals surface area (Å²) >= 11 is 0. The van der Waals surface area contributed by atoms with E-state index in [9.17, 15) is 9.59 Å². The maximum atomic E-state index is 11.2. The van der Waals surface area contributed by atoms with Crippen molar-refractivity contribution in [1.29, 1.82) is 0 Å². The van der Waals surface area contributed by atoms with Crippen LogP contribution in [0.25, 0.3) is 10.9 Å². The van der Waals surface area contributed by atoms with E-state index in [0.29, 0.717) is 0 Å². The molecule has 7 N–H and O–H groups in total. The van der Waals surface area contributed by atoms with Gasteiger partial charge in [0.25, 0.3) is 0 Å². The van der Waals surface area contributed by atoms with Crippen LogP contribution in [0.2, 0.25) is 0 Å². The number of rotatable bonds is 5. The Balaban J connectivity index is 0.00000200. The van der Waals surface area contributed by atoms with Gasteiger partial charge in [-0.05, 0) is 11.6 Å². The fraction of sp³-hybridized carbons (Fsp3) is 0.231. The van der Waals surface area contributed by atoms with Crippen LogP contribution in [0.5, 0.6) is 0 Å². The molecular weight excluding hydrogens is 262 g/mol. The molecule has 20 heavy (non-hydrogen) atoms. The number of H-pyrrole nitrogens is 1. The molecule has 108 valence electrons. The van der Waals surface area contributed by atoms with Crippen molar-refractivity contribution in [2.45, 2.75) is 12.5 Å². The summed E-state index contributed by atoms with van der Waals surface area (Å²) in [5, 5.41) is 12.5. The third-order valence-corrected chi connectivity index (χ3v) is 2.92. The number of carboxylic acids is 1. The van der Waals surface area contributed by atoms with Crippen LogP contribution < -0.4 is 11.1 Å². The van der Waals surface area contributed by atoms with Gasteiger partial charge in [0.1, 0.15) is 6.04 Å². The first-order valence-corrected chi connectivity index (χ1v) is 5.89. The van der Waals surface area contributed by atoms with E-state index >= 15 is 0 Å². The number of aliphatic carboxylic acids is 1. The highest BCUT2D eigenvalue weighted by Gasteiger charge is 2.21. The fourth-order valence-electron chi connectivity index (χ4n) is 1.97. The number of aromatic nitrogens is 1. The number of carbonyl (C=O) groups is 2. The molecule has 7 heteroatoms. The lowest BCUT2D eigenvalue weighted by molar-refractivity contribution is -0.141. The maximum Gasteiger partial charge on any atom is 0.326 e. The van der Waals surface area contributed by atoms with Gasteiger partial charge in [-0.1, -0.05) is 18.2 Å². The van der Waals surface area contributed by atoms with Crippen molar-refractivity contribution in [2.75, 3.05) is 6.54 Å². The van der Waals surface area contributed by atoms with Crippen LogP contribution in [0.4, 0.5) is 0 Å². The van der Waals surface area contributed by atoms with Gasteiger partial charge in [-0.3, -0.25) is 4.79 Å². The molecule has 0 aliphatic heterocycles. The lowest BCUT2D eigenvalue weighted by Crippen LogP contribution is -2.44. The highest BCUT2D eigenvalue weighted by molar-refractivity contribution is 5.87. The second kappa shape index (κ2) is 6.69. The summed E-state index contributed by atoms with van der Waals surface area (Å²) in [7, 11) is 0. The molecule has 0 aliphatic carbocycles. The highest BCUT2D eigenvalue weighted by atomic mass is 16.4. The lowest BCUT2D eigenvalue weighted by Gasteiger charge is -2.13. The average Bonchev–Trinajstić information content (AvgIpc) is 2.81. The smallest absolute Gasteiger partial charge is 0.326 e. The molecule has 2 rings (SSSR count). The molecule has 0 saturated carbocycles. The molecule has 0 radical (unpaired) electrons. The number of para-hydroxylation sites is 1. The lowest BCUT2D eigenvalue weighted by atomic mass is 10.1. The van der Waals surface area contributed by atoms with Crippen LogP contribution in [0.15, 0.2) is 30.5 Å². The van der Waals surface area contributed by atoms with Crippen molar-refractivity contribution in [3.05, 3.63) is 36.0 Å². The molecule has 0 fully saturated rings. The second-order valence-corrected chi connectivity index (χ2v) is 4.23. The van der Waals surface area contributed by atoms with Crippen molar-refractivity contribution in [3.63, 3.8) is 0 Å². The average molecular weight is 279 g/mol. The van der Waals surface area contributed by atoms with Crippen LogP contribution in [0.3, 0.4) is 0 Å². The molecule has 0 spiro atoms. The summed E-state index contributed by atoms with van der Waals surface area (Å²) < 4.78 is 0. The van der Waals surface area contributed by atoms with Crippen molar-refractivity contribution in [1.82, 2.24) is 10.3 Å². The second-order valence-electron chi connectivity index (χ2n) is 4.23. The predicted octanol–water partition coefficient (Wildman–Crippen LogP) is -0.586. The molecule has 1 aromatic carbocycles. The van der Waals surface area contributed by atoms with Gasteiger partial charge in [-0.25, -0.2) is 4.79 Å². The molecule has 0 aliphatic rings. The van der Waals surface area contributed by atoms with Gasteiger partial charge >= 0.3 is 5.97 Å². The van der Waals surface area contributed by atoms with Gasteiger partial charge < -0.3 is 26.6 Å². The molecule has 1 aromatic heterocycles. The molecule has 0 bridgehead atoms. The molecule has 1 unspecified atom stereocenters. The number of nitrogens with one attached hydrogen (secondary N) is 2. The largest absolute Gasteiger partial charge is 0.480 e. The van der Waals surface area contributed by atoms with E-state index in [1.165, 1.54) is 0 Å². The van der Waals surface area contributed by atoms with E-state index in [1.54, 1.807) is 6.20 Å². The minimum atomic E-state index is -1.08. The molecule has 1 atom stereocenters. The van der Waals surface area contributed by atoms with Crippen LogP contribution in [-0.2, 0) is 16.0 Å². The number of fused-ring (bicyclic) bond motifs is 1. The molecular formula is C13H17N3O4. The third-order valence-electron chi connectivity index (χ3n) is 2.92. The van der Waals surface area contributed by atoms with Crippen molar-refractivity contribution >= 4 is 22.8 Å². The number of hydrogen-bond acceptors (Lipinski definition) is 3. The van der Waals surface area contributed by atoms with E-state index in [2.05, 4.69) is 10.3 Å². The van der Waals surface area contributed by atoms with Crippen molar-refractivity contribution in [2.24, 2.45) is 5.73 Å². The van der Waals surface area contributed by atoms with Gasteiger partial charge in [-0.2, -0.15) is 0 Å². The standard InChI is InChI=1S/C13H15N3O3.H2O/c14-6-12(17)16-11(13(18)19)5-8-7-15-10-4-2-1-3-9(8)10;/h1-4,7,11,15H,5-6,14H2,(H,16,17)(H,18,19);1H2. The van der Waals surface area contributed by atoms with E-state index in [-0.39, 0.29) is 18.4 Å². The molecule has 1 amide bonds. The topological polar surface area (TPSA) is 140 Å². The minimum Gasteiger partial charge on any atom is -0.480 e. The Labute approximate surface area is 115 Å². The van der Waals surface area contributed by atoms with Crippen LogP contribution in [0, 0.1) is 0 Å². The number of amides is 1. The number of aromatic amines is 1. The summed E-state index contributed by atoms with van der Waals surface area (Å²) in [6.07, 6.45) is 1.97. The summed E-state index contributed by atoms with van der Waals surface area (Å²) in [6.45, 7) is -0.225. The van der Waals surface area contributed by atoms with E-state index in [1.807, 2.05) is 24.3 Å². The summed E-state index contributed by atoms with van der Waals surface area (Å²) in [5.74, 6) is -1.56. The van der Waals surface area contributed by atoms with Crippen LogP contribution in [0.1, 0.15) is 5.56 Å². The van der Waals surface area contributed by atoms with Crippen LogP contribution >= 0.6 is 0 Å². The Morgan fingerprint density at radius 1 is 1.35 bits per heavy atom. The molecule has 7 nitrogen and oxygen atoms in total. The quantitative estimate of drug-likeness (QED) is 0.580. The van der Waals surface area contributed by atoms with Crippen molar-refractivity contribution in [3.8, 4) is 0 Å². The van der Waals surface area contributed by atoms with E-state index < -0.39 is 17.9 Å². The number of carbonyl (C=O) groups excluding carboxylic acids is 1. The van der Waals surface area contributed by atoms with Gasteiger partial charge in [-0.15, -0.1) is 0 Å². The Kier molecular flexibility index (Phi) is 5.24. The predicted molar refractivity (Wildman–Crippen MR) is 74.2 cm³/mol. The first kappa shape index (κ1) is 15.7. The number of nitrogens with two attached hydrogens (primary N) is 1. The zero-order valence-electron chi connectivity index (χ0n) is 10.7. The Morgan fingerprint density at radius 3 is 2.70 bits per heavy atom. The summed E-state index contributed by atoms with van der Waals surface area (Å²) in [4.78, 5) is 25.4. The molecule has 1 heterocycles. The molecule has 2 aromatic rings. The zero-order valence-corrected chi connectivity index (χ0v) is 10.7. The summed E-state index contributed by atoms with van der Waals surface area (Å²) in [5.41, 5.74) is 6.96.